The molecule has 158 valence electrons. The zero-order valence-electron chi connectivity index (χ0n) is 17.1. The lowest BCUT2D eigenvalue weighted by atomic mass is 10.0. The summed E-state index contributed by atoms with van der Waals surface area (Å²) in [5, 5.41) is 0. The van der Waals surface area contributed by atoms with Crippen LogP contribution in [0, 0.1) is 5.92 Å². The van der Waals surface area contributed by atoms with Crippen molar-refractivity contribution in [3.8, 4) is 0 Å². The van der Waals surface area contributed by atoms with Gasteiger partial charge in [-0.25, -0.2) is 4.79 Å². The highest BCUT2D eigenvalue weighted by molar-refractivity contribution is 7.38. The maximum absolute atomic E-state index is 12.6. The van der Waals surface area contributed by atoms with Gasteiger partial charge < -0.3 is 19.4 Å². The Morgan fingerprint density at radius 3 is 2.03 bits per heavy atom. The summed E-state index contributed by atoms with van der Waals surface area (Å²) in [6.07, 6.45) is 6.36. The Labute approximate surface area is 174 Å². The molecule has 5 nitrogen and oxygen atoms in total. The zero-order valence-corrected chi connectivity index (χ0v) is 18.0. The van der Waals surface area contributed by atoms with Crippen LogP contribution in [0.3, 0.4) is 0 Å². The highest BCUT2D eigenvalue weighted by atomic mass is 31.2. The SMILES string of the molecule is CC(C)CCCCCOC(=O)C(=Cc1ccccc1)c1ccccc1.OP(O)O. The maximum atomic E-state index is 12.6. The second kappa shape index (κ2) is 14.9. The van der Waals surface area contributed by atoms with Gasteiger partial charge in [-0.2, -0.15) is 0 Å². The number of ether oxygens (including phenoxy) is 1. The Morgan fingerprint density at radius 2 is 1.48 bits per heavy atom. The summed E-state index contributed by atoms with van der Waals surface area (Å²) in [7, 11) is -2.62. The molecule has 0 saturated heterocycles. The summed E-state index contributed by atoms with van der Waals surface area (Å²) in [6.45, 7) is 4.96. The average molecular weight is 418 g/mol. The molecule has 0 aromatic heterocycles. The number of hydrogen-bond donors (Lipinski definition) is 3. The first kappa shape index (κ1) is 25.0. The van der Waals surface area contributed by atoms with Crippen molar-refractivity contribution in [3.63, 3.8) is 0 Å². The van der Waals surface area contributed by atoms with E-state index in [0.717, 1.165) is 29.9 Å². The standard InChI is InChI=1S/C23H28O2.H3O3P/c1-19(2)12-6-5-11-17-25-23(24)22(21-15-9-4-10-16-21)18-20-13-7-3-8-14-20;1-4(2)3/h3-4,7-10,13-16,18-19H,5-6,11-12,17H2,1-2H3;1-3H. The van der Waals surface area contributed by atoms with Gasteiger partial charge in [0, 0.05) is 0 Å². The molecule has 6 heteroatoms. The van der Waals surface area contributed by atoms with E-state index in [9.17, 15) is 4.79 Å². The van der Waals surface area contributed by atoms with E-state index in [2.05, 4.69) is 13.8 Å². The fourth-order valence-electron chi connectivity index (χ4n) is 2.67. The molecule has 2 aromatic rings. The number of rotatable bonds is 9. The predicted molar refractivity (Wildman–Crippen MR) is 119 cm³/mol. The van der Waals surface area contributed by atoms with Gasteiger partial charge in [-0.3, -0.25) is 0 Å². The van der Waals surface area contributed by atoms with Crippen LogP contribution in [-0.2, 0) is 9.53 Å². The molecule has 0 bridgehead atoms. The first-order chi connectivity index (χ1) is 13.9. The molecule has 0 aliphatic carbocycles. The van der Waals surface area contributed by atoms with Gasteiger partial charge in [0.2, 0.25) is 0 Å². The molecule has 0 aliphatic rings. The third kappa shape index (κ3) is 12.2. The van der Waals surface area contributed by atoms with Crippen molar-refractivity contribution >= 4 is 26.2 Å². The minimum Gasteiger partial charge on any atom is -0.462 e. The highest BCUT2D eigenvalue weighted by Gasteiger charge is 2.13. The van der Waals surface area contributed by atoms with Crippen molar-refractivity contribution in [2.24, 2.45) is 5.92 Å². The van der Waals surface area contributed by atoms with E-state index in [1.807, 2.05) is 66.7 Å². The first-order valence-electron chi connectivity index (χ1n) is 9.76. The molecule has 3 N–H and O–H groups in total. The van der Waals surface area contributed by atoms with Crippen molar-refractivity contribution in [2.75, 3.05) is 6.61 Å². The van der Waals surface area contributed by atoms with Gasteiger partial charge >= 0.3 is 14.6 Å². The van der Waals surface area contributed by atoms with Crippen LogP contribution in [0.1, 0.15) is 50.7 Å². The molecule has 0 unspecified atom stereocenters. The summed E-state index contributed by atoms with van der Waals surface area (Å²) in [6, 6.07) is 19.6. The number of benzene rings is 2. The van der Waals surface area contributed by atoms with Gasteiger partial charge in [0.05, 0.1) is 12.2 Å². The molecule has 0 radical (unpaired) electrons. The van der Waals surface area contributed by atoms with E-state index in [0.29, 0.717) is 12.2 Å². The van der Waals surface area contributed by atoms with Crippen LogP contribution in [0.15, 0.2) is 60.7 Å². The second-order valence-corrected chi connectivity index (χ2v) is 7.52. The quantitative estimate of drug-likeness (QED) is 0.172. The summed E-state index contributed by atoms with van der Waals surface area (Å²) in [5.41, 5.74) is 2.49. The third-order valence-electron chi connectivity index (χ3n) is 4.07. The Bertz CT molecular complexity index is 712. The molecule has 29 heavy (non-hydrogen) atoms. The lowest BCUT2D eigenvalue weighted by Crippen LogP contribution is -2.08. The van der Waals surface area contributed by atoms with E-state index in [1.165, 1.54) is 12.8 Å². The molecule has 2 rings (SSSR count). The molecule has 0 atom stereocenters. The van der Waals surface area contributed by atoms with Crippen LogP contribution >= 0.6 is 8.60 Å². The normalized spacial score (nSPS) is 11.2. The Kier molecular flexibility index (Phi) is 12.8. The fraction of sp³-hybridized carbons (Fsp3) is 0.348. The highest BCUT2D eigenvalue weighted by Crippen LogP contribution is 2.20. The summed E-state index contributed by atoms with van der Waals surface area (Å²) in [4.78, 5) is 34.3. The number of hydrogen-bond acceptors (Lipinski definition) is 5. The lowest BCUT2D eigenvalue weighted by molar-refractivity contribution is -0.136. The molecule has 0 heterocycles. The molecule has 0 spiro atoms. The van der Waals surface area contributed by atoms with Crippen LogP contribution < -0.4 is 0 Å². The smallest absolute Gasteiger partial charge is 0.338 e. The Balaban J connectivity index is 0.000000960. The summed E-state index contributed by atoms with van der Waals surface area (Å²) in [5.74, 6) is 0.486. The minimum atomic E-state index is -2.62. The van der Waals surface area contributed by atoms with Crippen molar-refractivity contribution in [2.45, 2.75) is 39.5 Å². The monoisotopic (exact) mass is 418 g/mol. The van der Waals surface area contributed by atoms with Crippen LogP contribution in [0.2, 0.25) is 0 Å². The van der Waals surface area contributed by atoms with Crippen molar-refractivity contribution in [1.82, 2.24) is 0 Å². The fourth-order valence-corrected chi connectivity index (χ4v) is 2.67. The minimum absolute atomic E-state index is 0.251. The summed E-state index contributed by atoms with van der Waals surface area (Å²) >= 11 is 0. The Morgan fingerprint density at radius 1 is 0.931 bits per heavy atom. The maximum Gasteiger partial charge on any atom is 0.338 e. The van der Waals surface area contributed by atoms with Crippen LogP contribution in [0.4, 0.5) is 0 Å². The number of carbonyl (C=O) groups excluding carboxylic acids is 1. The molecule has 0 aliphatic heterocycles. The van der Waals surface area contributed by atoms with Gasteiger partial charge in [0.25, 0.3) is 0 Å². The molecular formula is C23H31O5P. The number of esters is 1. The Hall–Kier alpha value is -2.04. The van der Waals surface area contributed by atoms with E-state index in [1.54, 1.807) is 0 Å². The molecule has 0 amide bonds. The average Bonchev–Trinajstić information content (AvgIpc) is 2.69. The second-order valence-electron chi connectivity index (χ2n) is 6.98. The largest absolute Gasteiger partial charge is 0.462 e. The molecule has 2 aromatic carbocycles. The van der Waals surface area contributed by atoms with Crippen molar-refractivity contribution in [1.29, 1.82) is 0 Å². The molecule has 0 saturated carbocycles. The zero-order chi connectivity index (χ0) is 21.5. The van der Waals surface area contributed by atoms with Crippen LogP contribution in [0.25, 0.3) is 11.6 Å². The predicted octanol–water partition coefficient (Wildman–Crippen LogP) is 5.18. The van der Waals surface area contributed by atoms with Crippen LogP contribution in [-0.4, -0.2) is 27.3 Å². The van der Waals surface area contributed by atoms with Gasteiger partial charge in [-0.1, -0.05) is 93.8 Å². The molecule has 0 fully saturated rings. The van der Waals surface area contributed by atoms with Gasteiger partial charge in [0.1, 0.15) is 0 Å². The summed E-state index contributed by atoms with van der Waals surface area (Å²) < 4.78 is 5.53. The topological polar surface area (TPSA) is 87.0 Å². The lowest BCUT2D eigenvalue weighted by Gasteiger charge is -2.10. The van der Waals surface area contributed by atoms with Crippen LogP contribution in [0.5, 0.6) is 0 Å². The van der Waals surface area contributed by atoms with Gasteiger partial charge in [0.15, 0.2) is 0 Å². The van der Waals surface area contributed by atoms with E-state index in [4.69, 9.17) is 19.4 Å². The van der Waals surface area contributed by atoms with E-state index >= 15 is 0 Å². The number of carbonyl (C=O) groups is 1. The van der Waals surface area contributed by atoms with Crippen molar-refractivity contribution < 1.29 is 24.2 Å². The van der Waals surface area contributed by atoms with Crippen molar-refractivity contribution in [3.05, 3.63) is 71.8 Å². The third-order valence-corrected chi connectivity index (χ3v) is 4.07. The van der Waals surface area contributed by atoms with Gasteiger partial charge in [-0.05, 0) is 29.5 Å². The van der Waals surface area contributed by atoms with E-state index in [-0.39, 0.29) is 5.97 Å². The first-order valence-corrected chi connectivity index (χ1v) is 11.0. The molecular weight excluding hydrogens is 387 g/mol. The number of unbranched alkanes of at least 4 members (excludes halogenated alkanes) is 2. The van der Waals surface area contributed by atoms with E-state index < -0.39 is 8.60 Å². The van der Waals surface area contributed by atoms with Gasteiger partial charge in [-0.15, -0.1) is 0 Å².